The highest BCUT2D eigenvalue weighted by Gasteiger charge is 2.33. The van der Waals surface area contributed by atoms with Crippen molar-refractivity contribution in [2.75, 3.05) is 0 Å². The molecule has 3 heteroatoms. The van der Waals surface area contributed by atoms with Gasteiger partial charge in [0.25, 0.3) is 0 Å². The molecule has 0 bridgehead atoms. The Balaban J connectivity index is 1.63. The maximum absolute atomic E-state index is 6.30. The number of nitrogens with zero attached hydrogens (tertiary/aromatic N) is 2. The molecule has 5 rings (SSSR count). The zero-order chi connectivity index (χ0) is 20.9. The van der Waals surface area contributed by atoms with E-state index >= 15 is 0 Å². The summed E-state index contributed by atoms with van der Waals surface area (Å²) in [6, 6.07) is 15.0. The molecule has 4 aromatic rings. The van der Waals surface area contributed by atoms with Crippen LogP contribution in [0.1, 0.15) is 70.6 Å². The van der Waals surface area contributed by atoms with Gasteiger partial charge in [-0.1, -0.05) is 52.7 Å². The molecule has 0 unspecified atom stereocenters. The van der Waals surface area contributed by atoms with E-state index in [0.717, 1.165) is 39.2 Å². The molecule has 1 aromatic carbocycles. The van der Waals surface area contributed by atoms with Crippen molar-refractivity contribution in [3.8, 4) is 11.3 Å². The summed E-state index contributed by atoms with van der Waals surface area (Å²) < 4.78 is 6.30. The fourth-order valence-electron chi connectivity index (χ4n) is 5.08. The first kappa shape index (κ1) is 19.3. The lowest BCUT2D eigenvalue weighted by molar-refractivity contribution is 0.325. The average Bonchev–Trinajstić information content (AvgIpc) is 3.41. The van der Waals surface area contributed by atoms with Crippen LogP contribution in [0, 0.1) is 5.92 Å². The number of hydrogen-bond acceptors (Lipinski definition) is 3. The van der Waals surface area contributed by atoms with Crippen molar-refractivity contribution >= 4 is 22.1 Å². The third kappa shape index (κ3) is 3.12. The molecule has 0 N–H and O–H groups in total. The molecule has 1 fully saturated rings. The van der Waals surface area contributed by atoms with Crippen molar-refractivity contribution in [1.29, 1.82) is 0 Å². The third-order valence-electron chi connectivity index (χ3n) is 7.13. The SMILES string of the molecule is CC(C)c1ccc2c(n1)oc1c(-c3cc(C(C)(C)C4CCCC4)ccn3)cccc12. The van der Waals surface area contributed by atoms with Gasteiger partial charge in [0.05, 0.1) is 5.69 Å². The number of pyridine rings is 2. The van der Waals surface area contributed by atoms with Crippen LogP contribution in [0.3, 0.4) is 0 Å². The summed E-state index contributed by atoms with van der Waals surface area (Å²) in [4.78, 5) is 9.50. The van der Waals surface area contributed by atoms with Gasteiger partial charge in [0.2, 0.25) is 5.71 Å². The Morgan fingerprint density at radius 2 is 1.80 bits per heavy atom. The summed E-state index contributed by atoms with van der Waals surface area (Å²) in [5, 5.41) is 2.17. The van der Waals surface area contributed by atoms with Gasteiger partial charge in [-0.3, -0.25) is 4.98 Å². The zero-order valence-electron chi connectivity index (χ0n) is 18.4. The van der Waals surface area contributed by atoms with Crippen molar-refractivity contribution in [3.63, 3.8) is 0 Å². The molecule has 0 atom stereocenters. The van der Waals surface area contributed by atoms with Crippen LogP contribution in [0.15, 0.2) is 53.1 Å². The van der Waals surface area contributed by atoms with E-state index in [2.05, 4.69) is 70.2 Å². The second-order valence-corrected chi connectivity index (χ2v) is 9.66. The molecular formula is C27H30N2O. The van der Waals surface area contributed by atoms with E-state index < -0.39 is 0 Å². The molecule has 1 aliphatic carbocycles. The lowest BCUT2D eigenvalue weighted by atomic mass is 9.72. The molecule has 0 aliphatic heterocycles. The fourth-order valence-corrected chi connectivity index (χ4v) is 5.08. The first-order chi connectivity index (χ1) is 14.4. The van der Waals surface area contributed by atoms with Crippen molar-refractivity contribution < 1.29 is 4.42 Å². The molecule has 3 heterocycles. The number of hydrogen-bond donors (Lipinski definition) is 0. The predicted octanol–water partition coefficient (Wildman–Crippen LogP) is 7.63. The quantitative estimate of drug-likeness (QED) is 0.354. The summed E-state index contributed by atoms with van der Waals surface area (Å²) in [6.07, 6.45) is 7.32. The van der Waals surface area contributed by atoms with Crippen LogP contribution in [-0.4, -0.2) is 9.97 Å². The highest BCUT2D eigenvalue weighted by molar-refractivity contribution is 6.08. The highest BCUT2D eigenvalue weighted by Crippen LogP contribution is 2.43. The van der Waals surface area contributed by atoms with Crippen LogP contribution in [0.5, 0.6) is 0 Å². The maximum Gasteiger partial charge on any atom is 0.227 e. The summed E-state index contributed by atoms with van der Waals surface area (Å²) in [5.41, 5.74) is 6.20. The van der Waals surface area contributed by atoms with E-state index in [0.29, 0.717) is 11.6 Å². The van der Waals surface area contributed by atoms with Crippen LogP contribution in [-0.2, 0) is 5.41 Å². The van der Waals surface area contributed by atoms with Crippen LogP contribution < -0.4 is 0 Å². The second kappa shape index (κ2) is 7.23. The van der Waals surface area contributed by atoms with Gasteiger partial charge in [0.1, 0.15) is 5.58 Å². The van der Waals surface area contributed by atoms with Crippen molar-refractivity contribution in [3.05, 3.63) is 59.9 Å². The average molecular weight is 399 g/mol. The second-order valence-electron chi connectivity index (χ2n) is 9.66. The van der Waals surface area contributed by atoms with E-state index in [4.69, 9.17) is 14.4 Å². The lowest BCUT2D eigenvalue weighted by Gasteiger charge is -2.32. The first-order valence-electron chi connectivity index (χ1n) is 11.2. The first-order valence-corrected chi connectivity index (χ1v) is 11.2. The molecule has 1 saturated carbocycles. The molecular weight excluding hydrogens is 368 g/mol. The molecule has 0 spiro atoms. The molecule has 30 heavy (non-hydrogen) atoms. The van der Waals surface area contributed by atoms with E-state index in [1.807, 2.05) is 6.20 Å². The normalized spacial score (nSPS) is 15.6. The molecule has 1 aliphatic rings. The molecule has 0 saturated heterocycles. The minimum atomic E-state index is 0.156. The minimum absolute atomic E-state index is 0.156. The standard InChI is InChI=1S/C27H30N2O/c1-17(2)23-13-12-21-20-10-7-11-22(25(20)30-26(21)29-23)24-16-19(14-15-28-24)27(3,4)18-8-5-6-9-18/h7,10-18H,5-6,8-9H2,1-4H3. The maximum atomic E-state index is 6.30. The number of fused-ring (bicyclic) bond motifs is 3. The van der Waals surface area contributed by atoms with Gasteiger partial charge >= 0.3 is 0 Å². The topological polar surface area (TPSA) is 38.9 Å². The van der Waals surface area contributed by atoms with E-state index in [-0.39, 0.29) is 5.41 Å². The van der Waals surface area contributed by atoms with Gasteiger partial charge < -0.3 is 4.42 Å². The van der Waals surface area contributed by atoms with Gasteiger partial charge in [-0.2, -0.15) is 0 Å². The molecule has 3 nitrogen and oxygen atoms in total. The fraction of sp³-hybridized carbons (Fsp3) is 0.407. The molecule has 154 valence electrons. The summed E-state index contributed by atoms with van der Waals surface area (Å²) >= 11 is 0. The Bertz CT molecular complexity index is 1210. The number of furan rings is 1. The van der Waals surface area contributed by atoms with Crippen LogP contribution in [0.25, 0.3) is 33.3 Å². The van der Waals surface area contributed by atoms with Crippen LogP contribution in [0.4, 0.5) is 0 Å². The summed E-state index contributed by atoms with van der Waals surface area (Å²) in [7, 11) is 0. The minimum Gasteiger partial charge on any atom is -0.437 e. The van der Waals surface area contributed by atoms with Gasteiger partial charge in [0.15, 0.2) is 0 Å². The summed E-state index contributed by atoms with van der Waals surface area (Å²) in [6.45, 7) is 9.09. The Morgan fingerprint density at radius 3 is 2.57 bits per heavy atom. The molecule has 0 radical (unpaired) electrons. The molecule has 3 aromatic heterocycles. The highest BCUT2D eigenvalue weighted by atomic mass is 16.3. The zero-order valence-corrected chi connectivity index (χ0v) is 18.4. The van der Waals surface area contributed by atoms with Gasteiger partial charge in [-0.05, 0) is 66.0 Å². The Labute approximate surface area is 178 Å². The smallest absolute Gasteiger partial charge is 0.227 e. The van der Waals surface area contributed by atoms with Crippen LogP contribution in [0.2, 0.25) is 0 Å². The van der Waals surface area contributed by atoms with Crippen molar-refractivity contribution in [1.82, 2.24) is 9.97 Å². The predicted molar refractivity (Wildman–Crippen MR) is 124 cm³/mol. The van der Waals surface area contributed by atoms with Gasteiger partial charge in [-0.25, -0.2) is 4.98 Å². The number of para-hydroxylation sites is 1. The van der Waals surface area contributed by atoms with Gasteiger partial charge in [-0.15, -0.1) is 0 Å². The van der Waals surface area contributed by atoms with Crippen molar-refractivity contribution in [2.24, 2.45) is 5.92 Å². The third-order valence-corrected chi connectivity index (χ3v) is 7.13. The Kier molecular flexibility index (Phi) is 4.65. The van der Waals surface area contributed by atoms with Crippen molar-refractivity contribution in [2.45, 2.75) is 64.7 Å². The number of aromatic nitrogens is 2. The van der Waals surface area contributed by atoms with Gasteiger partial charge in [0, 0.05) is 28.2 Å². The summed E-state index contributed by atoms with van der Waals surface area (Å²) in [5.74, 6) is 1.12. The van der Waals surface area contributed by atoms with E-state index in [1.54, 1.807) is 0 Å². The van der Waals surface area contributed by atoms with Crippen LogP contribution >= 0.6 is 0 Å². The Hall–Kier alpha value is -2.68. The Morgan fingerprint density at radius 1 is 1.00 bits per heavy atom. The number of rotatable bonds is 4. The molecule has 0 amide bonds. The largest absolute Gasteiger partial charge is 0.437 e. The van der Waals surface area contributed by atoms with E-state index in [1.165, 1.54) is 31.2 Å². The number of benzene rings is 1. The lowest BCUT2D eigenvalue weighted by Crippen LogP contribution is -2.26. The van der Waals surface area contributed by atoms with E-state index in [9.17, 15) is 0 Å². The monoisotopic (exact) mass is 398 g/mol.